The van der Waals surface area contributed by atoms with Gasteiger partial charge in [-0.25, -0.2) is 9.59 Å². The molecule has 76 heavy (non-hydrogen) atoms. The highest BCUT2D eigenvalue weighted by atomic mass is 16.7. The van der Waals surface area contributed by atoms with Crippen LogP contribution in [0.5, 0.6) is 23.0 Å². The van der Waals surface area contributed by atoms with Crippen LogP contribution in [-0.2, 0) is 32.2 Å². The number of nitrogens with zero attached hydrogens (tertiary/aromatic N) is 2. The third kappa shape index (κ3) is 13.0. The lowest BCUT2D eigenvalue weighted by atomic mass is 9.55. The molecule has 0 saturated heterocycles. The summed E-state index contributed by atoms with van der Waals surface area (Å²) in [5, 5.41) is 30.0. The van der Waals surface area contributed by atoms with Gasteiger partial charge in [-0.05, 0) is 116 Å². The second-order valence-electron chi connectivity index (χ2n) is 20.5. The second-order valence-corrected chi connectivity index (χ2v) is 20.5. The smallest absolute Gasteiger partial charge is 0.417 e. The van der Waals surface area contributed by atoms with Crippen molar-refractivity contribution < 1.29 is 57.8 Å². The summed E-state index contributed by atoms with van der Waals surface area (Å²) in [6, 6.07) is 33.4. The summed E-state index contributed by atoms with van der Waals surface area (Å²) in [5.74, 6) is -1.06. The molecule has 1 saturated carbocycles. The number of hydrogen-bond acceptors (Lipinski definition) is 13. The molecule has 5 aromatic rings. The molecule has 1 aliphatic heterocycles. The summed E-state index contributed by atoms with van der Waals surface area (Å²) in [4.78, 5) is 37.2. The molecule has 0 unspecified atom stereocenters. The number of nitrogens with one attached hydrogen (secondary N) is 1. The number of hydrogen-bond donors (Lipinski definition) is 3. The number of benzene rings is 5. The molecule has 0 bridgehead atoms. The zero-order valence-corrected chi connectivity index (χ0v) is 44.4. The van der Waals surface area contributed by atoms with Crippen LogP contribution in [0, 0.1) is 17.8 Å². The number of unbranched alkanes of at least 4 members (excludes halogenated alkanes) is 2. The van der Waals surface area contributed by atoms with Gasteiger partial charge in [0.25, 0.3) is 0 Å². The number of oxime groups is 1. The minimum absolute atomic E-state index is 0.0238. The molecule has 0 radical (unpaired) electrons. The Bertz CT molecular complexity index is 2820. The number of aliphatic hydroxyl groups excluding tert-OH is 2. The summed E-state index contributed by atoms with van der Waals surface area (Å²) in [6.07, 6.45) is 6.90. The van der Waals surface area contributed by atoms with Gasteiger partial charge in [0.1, 0.15) is 41.2 Å². The SMILES string of the molecule is C=CCO[C@@]12Oc3ccc(OC(=O)Nc4ccc(OC)cc4OC)cc3[C@H]3[C@H](CCCCO)[C@@H](CCCCO)C=C(C(=NOC(C)(C)C)C[C@@H]1N(Cc1cccc4ccccc14)C(=O)OCCOCc1ccccc1)[C@H]32. The van der Waals surface area contributed by atoms with E-state index < -0.39 is 41.5 Å². The fourth-order valence-corrected chi connectivity index (χ4v) is 11.0. The third-order valence-electron chi connectivity index (χ3n) is 14.3. The summed E-state index contributed by atoms with van der Waals surface area (Å²) in [6.45, 7) is 10.6. The van der Waals surface area contributed by atoms with Gasteiger partial charge in [-0.2, -0.15) is 0 Å². The Morgan fingerprint density at radius 3 is 2.37 bits per heavy atom. The van der Waals surface area contributed by atoms with E-state index in [1.165, 1.54) is 7.11 Å². The Hall–Kier alpha value is -6.91. The van der Waals surface area contributed by atoms with Gasteiger partial charge in [0.15, 0.2) is 0 Å². The van der Waals surface area contributed by atoms with Crippen molar-refractivity contribution in [2.24, 2.45) is 22.9 Å². The predicted molar refractivity (Wildman–Crippen MR) is 292 cm³/mol. The van der Waals surface area contributed by atoms with Gasteiger partial charge in [0, 0.05) is 37.2 Å². The largest absolute Gasteiger partial charge is 0.497 e. The average Bonchev–Trinajstić information content (AvgIpc) is 3.55. The van der Waals surface area contributed by atoms with Gasteiger partial charge < -0.3 is 48.2 Å². The van der Waals surface area contributed by atoms with E-state index >= 15 is 4.79 Å². The molecule has 3 N–H and O–H groups in total. The summed E-state index contributed by atoms with van der Waals surface area (Å²) in [5.41, 5.74) is 3.85. The van der Waals surface area contributed by atoms with Crippen LogP contribution in [0.2, 0.25) is 0 Å². The third-order valence-corrected chi connectivity index (χ3v) is 14.3. The lowest BCUT2D eigenvalue weighted by Crippen LogP contribution is -2.70. The molecule has 6 atom stereocenters. The van der Waals surface area contributed by atoms with Crippen LogP contribution >= 0.6 is 0 Å². The van der Waals surface area contributed by atoms with Crippen LogP contribution in [0.3, 0.4) is 0 Å². The molecular formula is C61H73N3O12. The van der Waals surface area contributed by atoms with Gasteiger partial charge in [0.05, 0.1) is 57.9 Å². The lowest BCUT2D eigenvalue weighted by Gasteiger charge is -2.60. The highest BCUT2D eigenvalue weighted by Gasteiger charge is 2.66. The van der Waals surface area contributed by atoms with Crippen LogP contribution in [0.25, 0.3) is 10.8 Å². The first-order chi connectivity index (χ1) is 36.9. The van der Waals surface area contributed by atoms with Crippen molar-refractivity contribution in [3.8, 4) is 23.0 Å². The van der Waals surface area contributed by atoms with Gasteiger partial charge in [-0.3, -0.25) is 10.2 Å². The van der Waals surface area contributed by atoms with Crippen LogP contribution < -0.4 is 24.3 Å². The molecule has 0 aromatic heterocycles. The number of aliphatic hydroxyl groups is 2. The van der Waals surface area contributed by atoms with E-state index in [0.29, 0.717) is 60.9 Å². The normalized spacial score (nSPS) is 21.1. The van der Waals surface area contributed by atoms with E-state index in [-0.39, 0.29) is 63.6 Å². The number of fused-ring (bicyclic) bond motifs is 3. The second kappa shape index (κ2) is 25.8. The molecule has 15 heteroatoms. The topological polar surface area (TPSA) is 176 Å². The fourth-order valence-electron chi connectivity index (χ4n) is 11.0. The number of carbonyl (C=O) groups excluding carboxylic acids is 2. The van der Waals surface area contributed by atoms with Crippen molar-refractivity contribution in [3.05, 3.63) is 150 Å². The summed E-state index contributed by atoms with van der Waals surface area (Å²) >= 11 is 0. The van der Waals surface area contributed by atoms with E-state index in [9.17, 15) is 15.0 Å². The maximum Gasteiger partial charge on any atom is 0.417 e. The van der Waals surface area contributed by atoms with Gasteiger partial charge in [0.2, 0.25) is 5.79 Å². The van der Waals surface area contributed by atoms with Gasteiger partial charge in [-0.1, -0.05) is 103 Å². The van der Waals surface area contributed by atoms with E-state index in [2.05, 4.69) is 18.0 Å². The molecule has 404 valence electrons. The molecule has 5 aromatic carbocycles. The molecule has 2 aliphatic carbocycles. The summed E-state index contributed by atoms with van der Waals surface area (Å²) in [7, 11) is 3.05. The van der Waals surface area contributed by atoms with Crippen LogP contribution in [0.4, 0.5) is 15.3 Å². The van der Waals surface area contributed by atoms with Crippen LogP contribution in [0.15, 0.2) is 139 Å². The Morgan fingerprint density at radius 2 is 1.62 bits per heavy atom. The Kier molecular flexibility index (Phi) is 18.7. The minimum atomic E-state index is -1.60. The quantitative estimate of drug-likeness (QED) is 0.0303. The fraction of sp³-hybridized carbons (Fsp3) is 0.426. The Morgan fingerprint density at radius 1 is 0.868 bits per heavy atom. The zero-order valence-electron chi connectivity index (χ0n) is 44.4. The number of allylic oxidation sites excluding steroid dienone is 1. The van der Waals surface area contributed by atoms with E-state index in [4.69, 9.17) is 43.2 Å². The van der Waals surface area contributed by atoms with E-state index in [1.807, 2.05) is 99.6 Å². The molecule has 1 heterocycles. The first kappa shape index (κ1) is 55.3. The lowest BCUT2D eigenvalue weighted by molar-refractivity contribution is -0.256. The van der Waals surface area contributed by atoms with E-state index in [0.717, 1.165) is 45.9 Å². The minimum Gasteiger partial charge on any atom is -0.497 e. The average molecular weight is 1040 g/mol. The first-order valence-corrected chi connectivity index (χ1v) is 26.4. The molecule has 3 aliphatic rings. The molecule has 0 spiro atoms. The van der Waals surface area contributed by atoms with Crippen molar-refractivity contribution in [1.82, 2.24) is 4.90 Å². The first-order valence-electron chi connectivity index (χ1n) is 26.4. The standard InChI is InChI=1S/C61H73N3O12/c1-7-32-73-61-55(64(39-44-23-17-22-42-20-11-12-24-47(42)44)59(68)72-34-33-71-40-41-18-9-8-10-19-41)38-52(63-76-60(2,3)4)49-35-43(21-13-15-30-65)48(25-14-16-31-66)56(57(49)61)50-36-46(27-29-53(50)75-61)74-58(67)62-51-28-26-45(69-5)37-54(51)70-6/h7-12,17-20,22-24,26-29,35-37,43,48,55-57,65-66H,1,13-16,21,25,30-34,38-40H2,2-6H3,(H,62,67)/t43-,48+,55-,56+,57+,61+/m0/s1. The molecule has 8 rings (SSSR count). The maximum absolute atomic E-state index is 15.3. The van der Waals surface area contributed by atoms with Crippen LogP contribution in [0.1, 0.15) is 88.3 Å². The van der Waals surface area contributed by atoms with Crippen molar-refractivity contribution in [2.75, 3.05) is 52.6 Å². The van der Waals surface area contributed by atoms with E-state index in [1.54, 1.807) is 48.4 Å². The molecule has 2 amide bonds. The Labute approximate surface area is 446 Å². The van der Waals surface area contributed by atoms with Crippen molar-refractivity contribution in [2.45, 2.75) is 102 Å². The highest BCUT2D eigenvalue weighted by Crippen LogP contribution is 2.62. The highest BCUT2D eigenvalue weighted by molar-refractivity contribution is 6.03. The summed E-state index contributed by atoms with van der Waals surface area (Å²) < 4.78 is 44.0. The molecule has 15 nitrogen and oxygen atoms in total. The number of rotatable bonds is 24. The maximum atomic E-state index is 15.3. The van der Waals surface area contributed by atoms with Crippen LogP contribution in [-0.4, -0.2) is 97.7 Å². The number of ether oxygens (including phenoxy) is 7. The molecule has 1 fully saturated rings. The number of carbonyl (C=O) groups is 2. The number of amides is 2. The van der Waals surface area contributed by atoms with Crippen molar-refractivity contribution >= 4 is 34.4 Å². The van der Waals surface area contributed by atoms with Crippen molar-refractivity contribution in [3.63, 3.8) is 0 Å². The molecular weight excluding hydrogens is 967 g/mol. The number of anilines is 1. The zero-order chi connectivity index (χ0) is 53.7. The number of methoxy groups -OCH3 is 2. The predicted octanol–water partition coefficient (Wildman–Crippen LogP) is 11.8. The monoisotopic (exact) mass is 1040 g/mol. The van der Waals surface area contributed by atoms with Gasteiger partial charge >= 0.3 is 12.2 Å². The van der Waals surface area contributed by atoms with Crippen molar-refractivity contribution in [1.29, 1.82) is 0 Å². The Balaban J connectivity index is 1.28. The van der Waals surface area contributed by atoms with Gasteiger partial charge in [-0.15, -0.1) is 6.58 Å².